The van der Waals surface area contributed by atoms with E-state index >= 15 is 0 Å². The largest absolute Gasteiger partial charge is 0.481 e. The van der Waals surface area contributed by atoms with Crippen LogP contribution in [0, 0.1) is 11.8 Å². The molecular weight excluding hydrogens is 304 g/mol. The molecule has 130 valence electrons. The lowest BCUT2D eigenvalue weighted by Gasteiger charge is -2.38. The number of carboxylic acids is 1. The molecule has 5 heteroatoms. The van der Waals surface area contributed by atoms with E-state index in [4.69, 9.17) is 0 Å². The van der Waals surface area contributed by atoms with Gasteiger partial charge in [0, 0.05) is 26.2 Å². The number of piperidine rings is 2. The second-order valence-electron chi connectivity index (χ2n) is 7.03. The van der Waals surface area contributed by atoms with Crippen molar-refractivity contribution in [1.82, 2.24) is 9.80 Å². The highest BCUT2D eigenvalue weighted by Gasteiger charge is 2.32. The standard InChI is InChI=1S/C19H26N2O3/c22-18(23)17-7-4-10-21(14-17)19(24)20-11-8-16(9-12-20)13-15-5-2-1-3-6-15/h1-3,5-6,16-17H,4,7-14H2,(H,22,23). The summed E-state index contributed by atoms with van der Waals surface area (Å²) in [6.45, 7) is 2.61. The maximum absolute atomic E-state index is 12.6. The fraction of sp³-hybridized carbons (Fsp3) is 0.579. The Bertz CT molecular complexity index is 567. The molecule has 0 spiro atoms. The number of nitrogens with zero attached hydrogens (tertiary/aromatic N) is 2. The summed E-state index contributed by atoms with van der Waals surface area (Å²) in [6, 6.07) is 10.5. The fourth-order valence-electron chi connectivity index (χ4n) is 3.83. The van der Waals surface area contributed by atoms with Gasteiger partial charge in [-0.2, -0.15) is 0 Å². The van der Waals surface area contributed by atoms with Crippen LogP contribution in [0.2, 0.25) is 0 Å². The minimum Gasteiger partial charge on any atom is -0.481 e. The van der Waals surface area contributed by atoms with Crippen LogP contribution < -0.4 is 0 Å². The number of aliphatic carboxylic acids is 1. The molecule has 2 aliphatic heterocycles. The molecule has 0 aromatic heterocycles. The van der Waals surface area contributed by atoms with Gasteiger partial charge >= 0.3 is 12.0 Å². The van der Waals surface area contributed by atoms with Gasteiger partial charge < -0.3 is 14.9 Å². The van der Waals surface area contributed by atoms with Crippen LogP contribution >= 0.6 is 0 Å². The van der Waals surface area contributed by atoms with Crippen LogP contribution in [0.5, 0.6) is 0 Å². The van der Waals surface area contributed by atoms with Crippen molar-refractivity contribution in [2.45, 2.75) is 32.1 Å². The summed E-state index contributed by atoms with van der Waals surface area (Å²) in [6.07, 6.45) is 4.59. The van der Waals surface area contributed by atoms with Crippen LogP contribution in [0.15, 0.2) is 30.3 Å². The highest BCUT2D eigenvalue weighted by atomic mass is 16.4. The van der Waals surface area contributed by atoms with Crippen molar-refractivity contribution in [1.29, 1.82) is 0 Å². The first-order chi connectivity index (χ1) is 11.6. The van der Waals surface area contributed by atoms with E-state index in [0.29, 0.717) is 25.4 Å². The van der Waals surface area contributed by atoms with Crippen molar-refractivity contribution in [3.8, 4) is 0 Å². The van der Waals surface area contributed by atoms with E-state index in [1.165, 1.54) is 5.56 Å². The number of likely N-dealkylation sites (tertiary alicyclic amines) is 2. The van der Waals surface area contributed by atoms with Crippen molar-refractivity contribution in [2.24, 2.45) is 11.8 Å². The number of hydrogen-bond donors (Lipinski definition) is 1. The summed E-state index contributed by atoms with van der Waals surface area (Å²) in [5.41, 5.74) is 1.36. The number of carbonyl (C=O) groups excluding carboxylic acids is 1. The van der Waals surface area contributed by atoms with E-state index in [-0.39, 0.29) is 6.03 Å². The van der Waals surface area contributed by atoms with Crippen LogP contribution in [0.25, 0.3) is 0 Å². The SMILES string of the molecule is O=C(O)C1CCCN(C(=O)N2CCC(Cc3ccccc3)CC2)C1. The van der Waals surface area contributed by atoms with Crippen LogP contribution in [-0.4, -0.2) is 53.1 Å². The molecule has 2 saturated heterocycles. The van der Waals surface area contributed by atoms with E-state index in [1.807, 2.05) is 11.0 Å². The molecule has 2 aliphatic rings. The van der Waals surface area contributed by atoms with Gasteiger partial charge in [-0.25, -0.2) is 4.79 Å². The van der Waals surface area contributed by atoms with Crippen molar-refractivity contribution in [3.05, 3.63) is 35.9 Å². The molecule has 0 bridgehead atoms. The lowest BCUT2D eigenvalue weighted by atomic mass is 9.90. The number of amides is 2. The number of carboxylic acid groups (broad SMARTS) is 1. The average molecular weight is 330 g/mol. The summed E-state index contributed by atoms with van der Waals surface area (Å²) >= 11 is 0. The molecule has 2 amide bonds. The summed E-state index contributed by atoms with van der Waals surface area (Å²) in [5, 5.41) is 9.17. The van der Waals surface area contributed by atoms with Crippen LogP contribution in [0.1, 0.15) is 31.2 Å². The summed E-state index contributed by atoms with van der Waals surface area (Å²) < 4.78 is 0. The zero-order valence-electron chi connectivity index (χ0n) is 14.1. The first-order valence-electron chi connectivity index (χ1n) is 8.94. The second kappa shape index (κ2) is 7.69. The smallest absolute Gasteiger partial charge is 0.320 e. The third kappa shape index (κ3) is 4.08. The zero-order chi connectivity index (χ0) is 16.9. The Morgan fingerprint density at radius 3 is 2.38 bits per heavy atom. The van der Waals surface area contributed by atoms with Crippen LogP contribution in [0.4, 0.5) is 4.79 Å². The third-order valence-electron chi connectivity index (χ3n) is 5.29. The van der Waals surface area contributed by atoms with Gasteiger partial charge in [0.15, 0.2) is 0 Å². The van der Waals surface area contributed by atoms with Gasteiger partial charge in [-0.05, 0) is 43.6 Å². The van der Waals surface area contributed by atoms with Crippen LogP contribution in [-0.2, 0) is 11.2 Å². The van der Waals surface area contributed by atoms with E-state index in [2.05, 4.69) is 24.3 Å². The maximum atomic E-state index is 12.6. The summed E-state index contributed by atoms with van der Waals surface area (Å²) in [5.74, 6) is -0.558. The Morgan fingerprint density at radius 2 is 1.71 bits per heavy atom. The number of rotatable bonds is 3. The Balaban J connectivity index is 1.49. The normalized spacial score (nSPS) is 22.4. The van der Waals surface area contributed by atoms with E-state index in [9.17, 15) is 14.7 Å². The summed E-state index contributed by atoms with van der Waals surface area (Å²) in [7, 11) is 0. The van der Waals surface area contributed by atoms with E-state index in [1.54, 1.807) is 4.90 Å². The predicted octanol–water partition coefficient (Wildman–Crippen LogP) is 2.86. The van der Waals surface area contributed by atoms with E-state index in [0.717, 1.165) is 38.8 Å². The quantitative estimate of drug-likeness (QED) is 0.927. The number of hydrogen-bond acceptors (Lipinski definition) is 2. The lowest BCUT2D eigenvalue weighted by Crippen LogP contribution is -2.50. The molecule has 2 heterocycles. The molecule has 1 atom stereocenters. The predicted molar refractivity (Wildman–Crippen MR) is 91.8 cm³/mol. The minimum absolute atomic E-state index is 0.0270. The molecule has 1 unspecified atom stereocenters. The zero-order valence-corrected chi connectivity index (χ0v) is 14.1. The first-order valence-corrected chi connectivity index (χ1v) is 8.94. The van der Waals surface area contributed by atoms with E-state index < -0.39 is 11.9 Å². The highest BCUT2D eigenvalue weighted by Crippen LogP contribution is 2.24. The molecule has 3 rings (SSSR count). The molecule has 1 N–H and O–H groups in total. The van der Waals surface area contributed by atoms with Gasteiger partial charge in [-0.15, -0.1) is 0 Å². The van der Waals surface area contributed by atoms with Crippen molar-refractivity contribution in [2.75, 3.05) is 26.2 Å². The molecule has 1 aromatic carbocycles. The molecule has 0 saturated carbocycles. The van der Waals surface area contributed by atoms with Crippen molar-refractivity contribution >= 4 is 12.0 Å². The number of carbonyl (C=O) groups is 2. The topological polar surface area (TPSA) is 60.9 Å². The Kier molecular flexibility index (Phi) is 5.38. The maximum Gasteiger partial charge on any atom is 0.320 e. The van der Waals surface area contributed by atoms with Gasteiger partial charge in [-0.3, -0.25) is 4.79 Å². The fourth-order valence-corrected chi connectivity index (χ4v) is 3.83. The molecule has 1 aromatic rings. The van der Waals surface area contributed by atoms with Gasteiger partial charge in [0.1, 0.15) is 0 Å². The van der Waals surface area contributed by atoms with Gasteiger partial charge in [0.05, 0.1) is 5.92 Å². The average Bonchev–Trinajstić information content (AvgIpc) is 2.63. The Morgan fingerprint density at radius 1 is 1.00 bits per heavy atom. The molecular formula is C19H26N2O3. The monoisotopic (exact) mass is 330 g/mol. The van der Waals surface area contributed by atoms with Gasteiger partial charge in [0.2, 0.25) is 0 Å². The number of urea groups is 1. The third-order valence-corrected chi connectivity index (χ3v) is 5.29. The van der Waals surface area contributed by atoms with Gasteiger partial charge in [0.25, 0.3) is 0 Å². The number of benzene rings is 1. The molecule has 0 radical (unpaired) electrons. The van der Waals surface area contributed by atoms with Crippen LogP contribution in [0.3, 0.4) is 0 Å². The van der Waals surface area contributed by atoms with Crippen molar-refractivity contribution in [3.63, 3.8) is 0 Å². The first kappa shape index (κ1) is 16.8. The minimum atomic E-state index is -0.783. The highest BCUT2D eigenvalue weighted by molar-refractivity contribution is 5.76. The Hall–Kier alpha value is -2.04. The lowest BCUT2D eigenvalue weighted by molar-refractivity contribution is -0.143. The van der Waals surface area contributed by atoms with Crippen molar-refractivity contribution < 1.29 is 14.7 Å². The molecule has 0 aliphatic carbocycles. The molecule has 5 nitrogen and oxygen atoms in total. The molecule has 2 fully saturated rings. The second-order valence-corrected chi connectivity index (χ2v) is 7.03. The van der Waals surface area contributed by atoms with Gasteiger partial charge in [-0.1, -0.05) is 30.3 Å². The molecule has 24 heavy (non-hydrogen) atoms. The summed E-state index contributed by atoms with van der Waals surface area (Å²) in [4.78, 5) is 27.5. The Labute approximate surface area is 143 Å².